The van der Waals surface area contributed by atoms with Crippen molar-refractivity contribution in [3.8, 4) is 0 Å². The van der Waals surface area contributed by atoms with Crippen LogP contribution in [0.1, 0.15) is 22.0 Å². The van der Waals surface area contributed by atoms with Gasteiger partial charge in [0.15, 0.2) is 0 Å². The van der Waals surface area contributed by atoms with Crippen molar-refractivity contribution in [3.63, 3.8) is 0 Å². The third kappa shape index (κ3) is 2.78. The van der Waals surface area contributed by atoms with Gasteiger partial charge in [-0.25, -0.2) is 4.79 Å². The summed E-state index contributed by atoms with van der Waals surface area (Å²) in [6.07, 6.45) is 1.40. The summed E-state index contributed by atoms with van der Waals surface area (Å²) >= 11 is 0. The Bertz CT molecular complexity index is 648. The monoisotopic (exact) mass is 273 g/mol. The molecular formula is C15H15NO4. The van der Waals surface area contributed by atoms with Crippen LogP contribution in [0.2, 0.25) is 0 Å². The highest BCUT2D eigenvalue weighted by Crippen LogP contribution is 2.16. The summed E-state index contributed by atoms with van der Waals surface area (Å²) in [5.41, 5.74) is 0.765. The SMILES string of the molecule is COC(=O)c1ccc(=O)n([C@@H](CO)c2ccccc2)c1. The first-order chi connectivity index (χ1) is 9.67. The highest BCUT2D eigenvalue weighted by Gasteiger charge is 2.16. The molecule has 0 bridgehead atoms. The van der Waals surface area contributed by atoms with Gasteiger partial charge in [-0.15, -0.1) is 0 Å². The second kappa shape index (κ2) is 6.16. The first-order valence-corrected chi connectivity index (χ1v) is 6.13. The van der Waals surface area contributed by atoms with Crippen molar-refractivity contribution in [2.45, 2.75) is 6.04 Å². The molecule has 5 nitrogen and oxygen atoms in total. The predicted molar refractivity (Wildman–Crippen MR) is 73.7 cm³/mol. The smallest absolute Gasteiger partial charge is 0.339 e. The van der Waals surface area contributed by atoms with Crippen LogP contribution in [-0.4, -0.2) is 29.4 Å². The standard InChI is InChI=1S/C15H15NO4/c1-20-15(19)12-7-8-14(18)16(9-12)13(10-17)11-5-3-2-4-6-11/h2-9,13,17H,10H2,1H3/t13-/m0/s1. The number of benzene rings is 1. The molecule has 1 N–H and O–H groups in total. The van der Waals surface area contributed by atoms with E-state index in [-0.39, 0.29) is 17.7 Å². The Morgan fingerprint density at radius 1 is 1.25 bits per heavy atom. The van der Waals surface area contributed by atoms with Gasteiger partial charge in [-0.1, -0.05) is 30.3 Å². The van der Waals surface area contributed by atoms with Gasteiger partial charge in [0.1, 0.15) is 0 Å². The first kappa shape index (κ1) is 14.0. The Morgan fingerprint density at radius 2 is 1.95 bits per heavy atom. The molecule has 104 valence electrons. The van der Waals surface area contributed by atoms with E-state index >= 15 is 0 Å². The van der Waals surface area contributed by atoms with E-state index in [1.54, 1.807) is 0 Å². The third-order valence-corrected chi connectivity index (χ3v) is 3.05. The number of ether oxygens (including phenoxy) is 1. The maximum absolute atomic E-state index is 12.0. The van der Waals surface area contributed by atoms with Gasteiger partial charge in [-0.3, -0.25) is 4.79 Å². The van der Waals surface area contributed by atoms with Crippen LogP contribution in [0.25, 0.3) is 0 Å². The fourth-order valence-electron chi connectivity index (χ4n) is 2.01. The van der Waals surface area contributed by atoms with Gasteiger partial charge >= 0.3 is 5.97 Å². The Hall–Kier alpha value is -2.40. The number of aromatic nitrogens is 1. The summed E-state index contributed by atoms with van der Waals surface area (Å²) in [5, 5.41) is 9.57. The average Bonchev–Trinajstić information content (AvgIpc) is 2.50. The summed E-state index contributed by atoms with van der Waals surface area (Å²) in [6, 6.07) is 11.3. The van der Waals surface area contributed by atoms with Gasteiger partial charge in [0.25, 0.3) is 5.56 Å². The van der Waals surface area contributed by atoms with E-state index in [9.17, 15) is 14.7 Å². The summed E-state index contributed by atoms with van der Waals surface area (Å²) in [4.78, 5) is 23.5. The molecule has 5 heteroatoms. The van der Waals surface area contributed by atoms with E-state index in [0.29, 0.717) is 0 Å². The molecule has 1 aromatic carbocycles. The molecule has 1 atom stereocenters. The molecule has 0 spiro atoms. The van der Waals surface area contributed by atoms with Crippen LogP contribution in [0.15, 0.2) is 53.5 Å². The maximum atomic E-state index is 12.0. The largest absolute Gasteiger partial charge is 0.465 e. The van der Waals surface area contributed by atoms with Crippen LogP contribution >= 0.6 is 0 Å². The number of aliphatic hydroxyl groups is 1. The molecule has 0 aliphatic carbocycles. The van der Waals surface area contributed by atoms with E-state index < -0.39 is 12.0 Å². The third-order valence-electron chi connectivity index (χ3n) is 3.05. The van der Waals surface area contributed by atoms with Crippen LogP contribution in [0, 0.1) is 0 Å². The number of methoxy groups -OCH3 is 1. The summed E-state index contributed by atoms with van der Waals surface area (Å²) in [6.45, 7) is -0.242. The lowest BCUT2D eigenvalue weighted by Gasteiger charge is -2.18. The molecule has 2 rings (SSSR count). The Labute approximate surface area is 116 Å². The average molecular weight is 273 g/mol. The highest BCUT2D eigenvalue weighted by molar-refractivity contribution is 5.88. The van der Waals surface area contributed by atoms with Crippen molar-refractivity contribution >= 4 is 5.97 Å². The van der Waals surface area contributed by atoms with Crippen molar-refractivity contribution in [1.82, 2.24) is 4.57 Å². The second-order valence-electron chi connectivity index (χ2n) is 4.26. The number of rotatable bonds is 4. The fraction of sp³-hybridized carbons (Fsp3) is 0.200. The zero-order valence-electron chi connectivity index (χ0n) is 11.0. The minimum Gasteiger partial charge on any atom is -0.465 e. The van der Waals surface area contributed by atoms with Crippen LogP contribution < -0.4 is 5.56 Å². The Balaban J connectivity index is 2.49. The molecule has 20 heavy (non-hydrogen) atoms. The highest BCUT2D eigenvalue weighted by atomic mass is 16.5. The molecule has 2 aromatic rings. The van der Waals surface area contributed by atoms with Gasteiger partial charge in [0.2, 0.25) is 0 Å². The van der Waals surface area contributed by atoms with E-state index in [4.69, 9.17) is 0 Å². The molecule has 0 amide bonds. The number of hydrogen-bond acceptors (Lipinski definition) is 4. The molecule has 1 aromatic heterocycles. The zero-order valence-corrected chi connectivity index (χ0v) is 11.0. The number of nitrogens with zero attached hydrogens (tertiary/aromatic N) is 1. The lowest BCUT2D eigenvalue weighted by atomic mass is 10.1. The molecule has 0 radical (unpaired) electrons. The van der Waals surface area contributed by atoms with Crippen LogP contribution in [-0.2, 0) is 4.74 Å². The summed E-state index contributed by atoms with van der Waals surface area (Å²) in [5.74, 6) is -0.525. The van der Waals surface area contributed by atoms with Gasteiger partial charge in [-0.05, 0) is 11.6 Å². The van der Waals surface area contributed by atoms with Crippen LogP contribution in [0.3, 0.4) is 0 Å². The first-order valence-electron chi connectivity index (χ1n) is 6.13. The Morgan fingerprint density at radius 3 is 2.55 bits per heavy atom. The topological polar surface area (TPSA) is 68.5 Å². The van der Waals surface area contributed by atoms with Gasteiger partial charge in [-0.2, -0.15) is 0 Å². The van der Waals surface area contributed by atoms with E-state index in [1.807, 2.05) is 30.3 Å². The molecule has 0 aliphatic heterocycles. The normalized spacial score (nSPS) is 11.9. The summed E-state index contributed by atoms with van der Waals surface area (Å²) < 4.78 is 5.97. The van der Waals surface area contributed by atoms with Crippen molar-refractivity contribution in [1.29, 1.82) is 0 Å². The quantitative estimate of drug-likeness (QED) is 0.850. The van der Waals surface area contributed by atoms with Gasteiger partial charge < -0.3 is 14.4 Å². The lowest BCUT2D eigenvalue weighted by molar-refractivity contribution is 0.0599. The molecule has 0 saturated heterocycles. The minimum atomic E-state index is -0.534. The molecule has 0 aliphatic rings. The second-order valence-corrected chi connectivity index (χ2v) is 4.26. The number of aliphatic hydroxyl groups excluding tert-OH is 1. The number of hydrogen-bond donors (Lipinski definition) is 1. The van der Waals surface area contributed by atoms with Crippen molar-refractivity contribution in [2.24, 2.45) is 0 Å². The Kier molecular flexibility index (Phi) is 4.32. The van der Waals surface area contributed by atoms with Crippen molar-refractivity contribution in [2.75, 3.05) is 13.7 Å². The molecule has 0 fully saturated rings. The number of carbonyl (C=O) groups is 1. The summed E-state index contributed by atoms with van der Waals surface area (Å²) in [7, 11) is 1.28. The van der Waals surface area contributed by atoms with Crippen molar-refractivity contribution < 1.29 is 14.6 Å². The maximum Gasteiger partial charge on any atom is 0.339 e. The van der Waals surface area contributed by atoms with E-state index in [1.165, 1.54) is 30.0 Å². The number of esters is 1. The minimum absolute atomic E-state index is 0.242. The van der Waals surface area contributed by atoms with Crippen LogP contribution in [0.5, 0.6) is 0 Å². The van der Waals surface area contributed by atoms with Gasteiger partial charge in [0.05, 0.1) is 25.3 Å². The van der Waals surface area contributed by atoms with E-state index in [2.05, 4.69) is 4.74 Å². The predicted octanol–water partition coefficient (Wildman–Crippen LogP) is 1.22. The zero-order chi connectivity index (χ0) is 14.5. The van der Waals surface area contributed by atoms with Crippen LogP contribution in [0.4, 0.5) is 0 Å². The lowest BCUT2D eigenvalue weighted by Crippen LogP contribution is -2.27. The molecule has 0 unspecified atom stereocenters. The molecule has 1 heterocycles. The molecule has 0 saturated carbocycles. The van der Waals surface area contributed by atoms with Crippen molar-refractivity contribution in [3.05, 3.63) is 70.1 Å². The van der Waals surface area contributed by atoms with Gasteiger partial charge in [0, 0.05) is 12.3 Å². The molecular weight excluding hydrogens is 258 g/mol. The number of pyridine rings is 1. The number of carbonyl (C=O) groups excluding carboxylic acids is 1. The fourth-order valence-corrected chi connectivity index (χ4v) is 2.01. The van der Waals surface area contributed by atoms with E-state index in [0.717, 1.165) is 5.56 Å².